The molecule has 0 heterocycles. The molecule has 0 bridgehead atoms. The molecule has 3 rings (SSSR count). The van der Waals surface area contributed by atoms with Crippen molar-refractivity contribution in [2.75, 3.05) is 13.2 Å². The summed E-state index contributed by atoms with van der Waals surface area (Å²) in [7, 11) is 0. The van der Waals surface area contributed by atoms with Crippen molar-refractivity contribution in [1.82, 2.24) is 0 Å². The highest BCUT2D eigenvalue weighted by atomic mass is 32.2. The van der Waals surface area contributed by atoms with Crippen molar-refractivity contribution < 1.29 is 34.4 Å². The first-order valence-electron chi connectivity index (χ1n) is 12.9. The Labute approximate surface area is 233 Å². The van der Waals surface area contributed by atoms with Gasteiger partial charge in [0.2, 0.25) is 0 Å². The molecule has 2 unspecified atom stereocenters. The van der Waals surface area contributed by atoms with Gasteiger partial charge in [-0.1, -0.05) is 42.5 Å². The molecule has 8 heteroatoms. The van der Waals surface area contributed by atoms with Crippen LogP contribution in [-0.2, 0) is 4.79 Å². The van der Waals surface area contributed by atoms with Crippen LogP contribution in [0.4, 0.5) is 0 Å². The van der Waals surface area contributed by atoms with Gasteiger partial charge in [-0.25, -0.2) is 4.79 Å². The molecular weight excluding hydrogens is 516 g/mol. The average Bonchev–Trinajstić information content (AvgIpc) is 2.94. The Balaban J connectivity index is 1.51. The van der Waals surface area contributed by atoms with E-state index in [1.165, 1.54) is 23.9 Å². The van der Waals surface area contributed by atoms with E-state index in [1.807, 2.05) is 66.7 Å². The molecule has 0 saturated heterocycles. The number of carbonyl (C=O) groups is 2. The molecule has 3 aromatic rings. The van der Waals surface area contributed by atoms with Gasteiger partial charge in [0.15, 0.2) is 0 Å². The van der Waals surface area contributed by atoms with Gasteiger partial charge in [0.1, 0.15) is 11.5 Å². The summed E-state index contributed by atoms with van der Waals surface area (Å²) >= 11 is 1.40. The van der Waals surface area contributed by atoms with Crippen LogP contribution in [0.15, 0.2) is 89.8 Å². The first-order valence-corrected chi connectivity index (χ1v) is 13.8. The lowest BCUT2D eigenvalue weighted by Crippen LogP contribution is -2.21. The maximum atomic E-state index is 11.1. The predicted octanol–water partition coefficient (Wildman–Crippen LogP) is 6.41. The minimum atomic E-state index is -0.999. The smallest absolute Gasteiger partial charge is 0.335 e. The summed E-state index contributed by atoms with van der Waals surface area (Å²) in [6, 6.07) is 23.9. The number of carboxylic acids is 2. The second kappa shape index (κ2) is 16.3. The number of aliphatic hydroxyl groups excluding tert-OH is 1. The standard InChI is InChI=1S/C31H34O7S/c32-28(9-6-10-30(33)34)29(39-27-18-14-24(15-19-27)31(35)36)20-13-23-11-16-26(17-12-23)38-22-5-4-21-37-25-7-2-1-3-8-25/h1-3,7-8,11-20,28-29,32H,4-6,9-10,21-22H2,(H,33,34)(H,35,36)/b20-13-. The Kier molecular flexibility index (Phi) is 12.4. The van der Waals surface area contributed by atoms with Crippen LogP contribution in [0.25, 0.3) is 6.08 Å². The third-order valence-corrected chi connectivity index (χ3v) is 7.11. The molecule has 0 fully saturated rings. The molecule has 0 aromatic heterocycles. The van der Waals surface area contributed by atoms with Crippen molar-refractivity contribution in [3.05, 3.63) is 96.1 Å². The lowest BCUT2D eigenvalue weighted by molar-refractivity contribution is -0.137. The second-order valence-corrected chi connectivity index (χ2v) is 10.2. The second-order valence-electron chi connectivity index (χ2n) is 8.91. The third-order valence-electron chi connectivity index (χ3n) is 5.82. The normalized spacial score (nSPS) is 12.6. The van der Waals surface area contributed by atoms with E-state index in [4.69, 9.17) is 19.7 Å². The van der Waals surface area contributed by atoms with Crippen LogP contribution in [0.5, 0.6) is 11.5 Å². The van der Waals surface area contributed by atoms with Crippen molar-refractivity contribution in [3.8, 4) is 11.5 Å². The van der Waals surface area contributed by atoms with Gasteiger partial charge in [-0.15, -0.1) is 11.8 Å². The monoisotopic (exact) mass is 550 g/mol. The Hall–Kier alpha value is -3.75. The topological polar surface area (TPSA) is 113 Å². The van der Waals surface area contributed by atoms with Gasteiger partial charge in [-0.2, -0.15) is 0 Å². The largest absolute Gasteiger partial charge is 0.494 e. The highest BCUT2D eigenvalue weighted by Gasteiger charge is 2.18. The highest BCUT2D eigenvalue weighted by Crippen LogP contribution is 2.29. The van der Waals surface area contributed by atoms with Crippen LogP contribution >= 0.6 is 11.8 Å². The molecule has 3 aromatic carbocycles. The van der Waals surface area contributed by atoms with Gasteiger partial charge in [-0.3, -0.25) is 4.79 Å². The SMILES string of the molecule is O=C(O)CCCC(O)C(/C=C\c1ccc(OCCCCOc2ccccc2)cc1)Sc1ccc(C(=O)O)cc1. The number of thioether (sulfide) groups is 1. The molecule has 7 nitrogen and oxygen atoms in total. The van der Waals surface area contributed by atoms with Crippen LogP contribution in [0.2, 0.25) is 0 Å². The van der Waals surface area contributed by atoms with Crippen LogP contribution < -0.4 is 9.47 Å². The molecule has 39 heavy (non-hydrogen) atoms. The number of para-hydroxylation sites is 1. The Morgan fingerprint density at radius 1 is 0.795 bits per heavy atom. The summed E-state index contributed by atoms with van der Waals surface area (Å²) in [6.45, 7) is 1.23. The fourth-order valence-corrected chi connectivity index (χ4v) is 4.75. The van der Waals surface area contributed by atoms with Gasteiger partial charge in [0, 0.05) is 11.3 Å². The van der Waals surface area contributed by atoms with Crippen LogP contribution in [0, 0.1) is 0 Å². The van der Waals surface area contributed by atoms with Gasteiger partial charge in [0.25, 0.3) is 0 Å². The summed E-state index contributed by atoms with van der Waals surface area (Å²) in [4.78, 5) is 22.8. The molecule has 3 N–H and O–H groups in total. The van der Waals surface area contributed by atoms with Crippen LogP contribution in [0.1, 0.15) is 48.0 Å². The fourth-order valence-electron chi connectivity index (χ4n) is 3.69. The van der Waals surface area contributed by atoms with Crippen LogP contribution in [0.3, 0.4) is 0 Å². The van der Waals surface area contributed by atoms with Gasteiger partial charge in [0.05, 0.1) is 30.1 Å². The zero-order valence-electron chi connectivity index (χ0n) is 21.6. The third kappa shape index (κ3) is 11.3. The number of ether oxygens (including phenoxy) is 2. The van der Waals surface area contributed by atoms with Crippen molar-refractivity contribution in [1.29, 1.82) is 0 Å². The van der Waals surface area contributed by atoms with Crippen molar-refractivity contribution in [3.63, 3.8) is 0 Å². The van der Waals surface area contributed by atoms with E-state index in [2.05, 4.69) is 0 Å². The summed E-state index contributed by atoms with van der Waals surface area (Å²) in [5.41, 5.74) is 1.12. The van der Waals surface area contributed by atoms with E-state index in [-0.39, 0.29) is 17.2 Å². The number of aliphatic hydroxyl groups is 1. The Bertz CT molecular complexity index is 1180. The quantitative estimate of drug-likeness (QED) is 0.130. The molecule has 0 amide bonds. The van der Waals surface area contributed by atoms with E-state index in [0.29, 0.717) is 26.1 Å². The maximum absolute atomic E-state index is 11.1. The van der Waals surface area contributed by atoms with Crippen molar-refractivity contribution in [2.24, 2.45) is 0 Å². The summed E-state index contributed by atoms with van der Waals surface area (Å²) in [5.74, 6) is -0.254. The van der Waals surface area contributed by atoms with E-state index in [0.717, 1.165) is 34.8 Å². The lowest BCUT2D eigenvalue weighted by atomic mass is 10.1. The average molecular weight is 551 g/mol. The molecule has 0 aliphatic heterocycles. The molecule has 0 radical (unpaired) electrons. The number of unbranched alkanes of at least 4 members (excludes halogenated alkanes) is 1. The highest BCUT2D eigenvalue weighted by molar-refractivity contribution is 8.00. The number of carboxylic acid groups (broad SMARTS) is 2. The molecule has 206 valence electrons. The molecular formula is C31H34O7S. The number of rotatable bonds is 17. The fraction of sp³-hybridized carbons (Fsp3) is 0.290. The number of benzene rings is 3. The van der Waals surface area contributed by atoms with E-state index >= 15 is 0 Å². The number of hydrogen-bond donors (Lipinski definition) is 3. The molecule has 2 atom stereocenters. The molecule has 0 aliphatic carbocycles. The molecule has 0 aliphatic rings. The van der Waals surface area contributed by atoms with Crippen LogP contribution in [-0.4, -0.2) is 51.8 Å². The van der Waals surface area contributed by atoms with Crippen molar-refractivity contribution >= 4 is 29.8 Å². The minimum Gasteiger partial charge on any atom is -0.494 e. The van der Waals surface area contributed by atoms with E-state index in [1.54, 1.807) is 12.1 Å². The lowest BCUT2D eigenvalue weighted by Gasteiger charge is -2.19. The summed E-state index contributed by atoms with van der Waals surface area (Å²) < 4.78 is 11.5. The van der Waals surface area contributed by atoms with E-state index in [9.17, 15) is 14.7 Å². The number of hydrogen-bond acceptors (Lipinski definition) is 6. The molecule has 0 saturated carbocycles. The van der Waals surface area contributed by atoms with Gasteiger partial charge in [-0.05, 0) is 79.8 Å². The van der Waals surface area contributed by atoms with Gasteiger partial charge >= 0.3 is 11.9 Å². The first-order chi connectivity index (χ1) is 18.9. The molecule has 0 spiro atoms. The first kappa shape index (κ1) is 29.8. The van der Waals surface area contributed by atoms with Crippen molar-refractivity contribution in [2.45, 2.75) is 48.4 Å². The van der Waals surface area contributed by atoms with E-state index < -0.39 is 18.0 Å². The Morgan fingerprint density at radius 3 is 2.00 bits per heavy atom. The number of aromatic carboxylic acids is 1. The number of aliphatic carboxylic acids is 1. The van der Waals surface area contributed by atoms with Gasteiger partial charge < -0.3 is 24.8 Å². The zero-order chi connectivity index (χ0) is 27.9. The zero-order valence-corrected chi connectivity index (χ0v) is 22.5. The predicted molar refractivity (Wildman–Crippen MR) is 153 cm³/mol. The Morgan fingerprint density at radius 2 is 1.41 bits per heavy atom. The summed E-state index contributed by atoms with van der Waals surface area (Å²) in [5, 5.41) is 28.5. The maximum Gasteiger partial charge on any atom is 0.335 e. The minimum absolute atomic E-state index is 0.00696. The summed E-state index contributed by atoms with van der Waals surface area (Å²) in [6.07, 6.45) is 5.50.